The minimum absolute atomic E-state index is 0.495. The third-order valence-electron chi connectivity index (χ3n) is 5.09. The lowest BCUT2D eigenvalue weighted by molar-refractivity contribution is 0.547. The Morgan fingerprint density at radius 2 is 1.53 bits per heavy atom. The molecule has 0 atom stereocenters. The molecule has 0 amide bonds. The van der Waals surface area contributed by atoms with Crippen LogP contribution in [0.1, 0.15) is 83.4 Å². The molecule has 30 heavy (non-hydrogen) atoms. The summed E-state index contributed by atoms with van der Waals surface area (Å²) in [7, 11) is -2.36. The molecule has 0 aliphatic rings. The Morgan fingerprint density at radius 1 is 0.967 bits per heavy atom. The van der Waals surface area contributed by atoms with Gasteiger partial charge in [0.25, 0.3) is 0 Å². The summed E-state index contributed by atoms with van der Waals surface area (Å²) in [5.74, 6) is 0.859. The lowest BCUT2D eigenvalue weighted by Gasteiger charge is -2.11. The fourth-order valence-corrected chi connectivity index (χ4v) is 5.92. The van der Waals surface area contributed by atoms with Crippen molar-refractivity contribution in [2.24, 2.45) is 0 Å². The molecule has 2 rings (SSSR count). The second-order valence-corrected chi connectivity index (χ2v) is 12.5. The Balaban J connectivity index is 1.83. The van der Waals surface area contributed by atoms with E-state index in [0.717, 1.165) is 35.1 Å². The van der Waals surface area contributed by atoms with Crippen LogP contribution in [-0.4, -0.2) is 29.4 Å². The largest absolute Gasteiger partial charge is 0.271 e. The van der Waals surface area contributed by atoms with Crippen LogP contribution in [0, 0.1) is 4.77 Å². The van der Waals surface area contributed by atoms with Crippen molar-refractivity contribution in [3.8, 4) is 5.69 Å². The predicted octanol–water partition coefficient (Wildman–Crippen LogP) is 6.84. The molecule has 1 heterocycles. The molecule has 1 aromatic heterocycles. The van der Waals surface area contributed by atoms with E-state index < -0.39 is 8.87 Å². The van der Waals surface area contributed by atoms with E-state index >= 15 is 0 Å². The van der Waals surface area contributed by atoms with Gasteiger partial charge in [-0.05, 0) is 30.8 Å². The first-order valence-electron chi connectivity index (χ1n) is 11.1. The van der Waals surface area contributed by atoms with Crippen LogP contribution in [0.3, 0.4) is 0 Å². The first kappa shape index (κ1) is 25.1. The number of hydrogen-bond acceptors (Lipinski definition) is 5. The van der Waals surface area contributed by atoms with Gasteiger partial charge in [0.15, 0.2) is 4.77 Å². The van der Waals surface area contributed by atoms with Crippen molar-refractivity contribution in [2.45, 2.75) is 88.9 Å². The summed E-state index contributed by atoms with van der Waals surface area (Å²) < 4.78 is 25.9. The highest BCUT2D eigenvalue weighted by Gasteiger charge is 2.15. The minimum Gasteiger partial charge on any atom is -0.271 e. The van der Waals surface area contributed by atoms with Crippen molar-refractivity contribution in [1.29, 1.82) is 0 Å². The Kier molecular flexibility index (Phi) is 11.2. The highest BCUT2D eigenvalue weighted by molar-refractivity contribution is 8.71. The molecule has 0 saturated heterocycles. The molecule has 0 radical (unpaired) electrons. The van der Waals surface area contributed by atoms with Crippen molar-refractivity contribution in [1.82, 2.24) is 14.8 Å². The summed E-state index contributed by atoms with van der Waals surface area (Å²) in [5, 5.41) is 7.27. The number of hydrogen-bond donors (Lipinski definition) is 1. The molecule has 0 fully saturated rings. The number of nitrogens with zero attached hydrogens (tertiary/aromatic N) is 2. The zero-order valence-corrected chi connectivity index (χ0v) is 20.7. The second-order valence-electron chi connectivity index (χ2n) is 7.82. The normalized spacial score (nSPS) is 11.8. The van der Waals surface area contributed by atoms with Gasteiger partial charge in [-0.25, -0.2) is 8.42 Å². The molecule has 0 spiro atoms. The number of H-pyrrole nitrogens is 1. The lowest BCUT2D eigenvalue weighted by atomic mass is 10.1. The zero-order chi connectivity index (χ0) is 21.8. The van der Waals surface area contributed by atoms with Crippen molar-refractivity contribution in [3.05, 3.63) is 34.9 Å². The SMILES string of the molecule is CCCCCCCCCCCCCc1n[nH]c(=S)n1-c1ccccc1SS(C)(=O)=O. The first-order valence-corrected chi connectivity index (χ1v) is 14.7. The predicted molar refractivity (Wildman–Crippen MR) is 130 cm³/mol. The van der Waals surface area contributed by atoms with Gasteiger partial charge in [-0.3, -0.25) is 9.67 Å². The first-order chi connectivity index (χ1) is 14.4. The fraction of sp³-hybridized carbons (Fsp3) is 0.636. The van der Waals surface area contributed by atoms with Crippen molar-refractivity contribution in [3.63, 3.8) is 0 Å². The van der Waals surface area contributed by atoms with Crippen LogP contribution in [0.5, 0.6) is 0 Å². The molecule has 0 bridgehead atoms. The highest BCUT2D eigenvalue weighted by Crippen LogP contribution is 2.30. The Bertz CT molecular complexity index is 920. The van der Waals surface area contributed by atoms with Crippen molar-refractivity contribution in [2.75, 3.05) is 6.26 Å². The fourth-order valence-electron chi connectivity index (χ4n) is 3.57. The van der Waals surface area contributed by atoms with E-state index in [1.807, 2.05) is 28.8 Å². The molecule has 5 nitrogen and oxygen atoms in total. The molecule has 0 saturated carbocycles. The van der Waals surface area contributed by atoms with Gasteiger partial charge in [0, 0.05) is 28.4 Å². The topological polar surface area (TPSA) is 67.8 Å². The number of aromatic nitrogens is 3. The number of aromatic amines is 1. The molecule has 168 valence electrons. The van der Waals surface area contributed by atoms with E-state index in [1.54, 1.807) is 0 Å². The number of unbranched alkanes of at least 4 members (excludes halogenated alkanes) is 10. The Hall–Kier alpha value is -1.12. The van der Waals surface area contributed by atoms with E-state index in [-0.39, 0.29) is 0 Å². The average Bonchev–Trinajstić information content (AvgIpc) is 3.05. The number of rotatable bonds is 15. The van der Waals surface area contributed by atoms with Gasteiger partial charge >= 0.3 is 0 Å². The maximum atomic E-state index is 11.8. The molecular formula is C22H35N3O2S3. The zero-order valence-electron chi connectivity index (χ0n) is 18.2. The Morgan fingerprint density at radius 3 is 2.13 bits per heavy atom. The lowest BCUT2D eigenvalue weighted by Crippen LogP contribution is -2.04. The smallest absolute Gasteiger partial charge is 0.203 e. The highest BCUT2D eigenvalue weighted by atomic mass is 33.1. The number of nitrogens with one attached hydrogen (secondary N) is 1. The standard InChI is InChI=1S/C22H35N3O2S3/c1-3-4-5-6-7-8-9-10-11-12-13-18-21-23-24-22(28)25(21)19-16-14-15-17-20(19)29-30(2,26)27/h14-17H,3-13,18H2,1-2H3,(H,24,28). The summed E-state index contributed by atoms with van der Waals surface area (Å²) in [6.45, 7) is 2.26. The third kappa shape index (κ3) is 8.94. The molecular weight excluding hydrogens is 434 g/mol. The summed E-state index contributed by atoms with van der Waals surface area (Å²) in [6, 6.07) is 7.43. The second kappa shape index (κ2) is 13.3. The van der Waals surface area contributed by atoms with Gasteiger partial charge in [0.05, 0.1) is 5.69 Å². The molecule has 0 unspecified atom stereocenters. The molecule has 2 aromatic rings. The van der Waals surface area contributed by atoms with Crippen LogP contribution in [0.2, 0.25) is 0 Å². The molecule has 0 aliphatic heterocycles. The summed E-state index contributed by atoms with van der Waals surface area (Å²) >= 11 is 5.43. The van der Waals surface area contributed by atoms with Crippen LogP contribution in [0.4, 0.5) is 0 Å². The van der Waals surface area contributed by atoms with E-state index in [9.17, 15) is 8.42 Å². The van der Waals surface area contributed by atoms with Crippen molar-refractivity contribution >= 4 is 31.9 Å². The minimum atomic E-state index is -3.22. The van der Waals surface area contributed by atoms with Gasteiger partial charge in [-0.1, -0.05) is 83.3 Å². The Labute approximate surface area is 190 Å². The van der Waals surface area contributed by atoms with Gasteiger partial charge < -0.3 is 0 Å². The van der Waals surface area contributed by atoms with E-state index in [1.165, 1.54) is 70.5 Å². The van der Waals surface area contributed by atoms with E-state index in [4.69, 9.17) is 12.2 Å². The average molecular weight is 470 g/mol. The maximum absolute atomic E-state index is 11.8. The van der Waals surface area contributed by atoms with E-state index in [2.05, 4.69) is 17.1 Å². The van der Waals surface area contributed by atoms with Crippen LogP contribution in [-0.2, 0) is 15.3 Å². The summed E-state index contributed by atoms with van der Waals surface area (Å²) in [4.78, 5) is 0.665. The quantitative estimate of drug-likeness (QED) is 0.176. The van der Waals surface area contributed by atoms with Crippen LogP contribution < -0.4 is 0 Å². The van der Waals surface area contributed by atoms with Crippen LogP contribution >= 0.6 is 23.0 Å². The maximum Gasteiger partial charge on any atom is 0.203 e. The van der Waals surface area contributed by atoms with Crippen molar-refractivity contribution < 1.29 is 8.42 Å². The third-order valence-corrected chi connectivity index (χ3v) is 7.64. The number of benzene rings is 1. The van der Waals surface area contributed by atoms with Gasteiger partial charge in [0.1, 0.15) is 5.82 Å². The van der Waals surface area contributed by atoms with Gasteiger partial charge in [-0.15, -0.1) is 0 Å². The van der Waals surface area contributed by atoms with Crippen LogP contribution in [0.25, 0.3) is 5.69 Å². The molecule has 1 N–H and O–H groups in total. The number of aryl methyl sites for hydroxylation is 1. The molecule has 1 aromatic carbocycles. The summed E-state index contributed by atoms with van der Waals surface area (Å²) in [6.07, 6.45) is 16.3. The molecule has 0 aliphatic carbocycles. The summed E-state index contributed by atoms with van der Waals surface area (Å²) in [5.41, 5.74) is 0.768. The van der Waals surface area contributed by atoms with Gasteiger partial charge in [-0.2, -0.15) is 5.10 Å². The molecule has 8 heteroatoms. The van der Waals surface area contributed by atoms with E-state index in [0.29, 0.717) is 9.67 Å². The van der Waals surface area contributed by atoms with Crippen LogP contribution in [0.15, 0.2) is 29.2 Å². The van der Waals surface area contributed by atoms with Gasteiger partial charge in [0.2, 0.25) is 8.87 Å². The monoisotopic (exact) mass is 469 g/mol. The number of para-hydroxylation sites is 1.